The smallest absolute Gasteiger partial charge is 0.158 e. The summed E-state index contributed by atoms with van der Waals surface area (Å²) in [5, 5.41) is 11.7. The first-order chi connectivity index (χ1) is 8.88. The highest BCUT2D eigenvalue weighted by molar-refractivity contribution is 5.32. The monoisotopic (exact) mass is 248 g/mol. The van der Waals surface area contributed by atoms with Gasteiger partial charge in [0.2, 0.25) is 0 Å². The van der Waals surface area contributed by atoms with Gasteiger partial charge in [0.05, 0.1) is 25.1 Å². The molecule has 0 spiro atoms. The minimum atomic E-state index is 0.264. The van der Waals surface area contributed by atoms with Crippen LogP contribution in [0.5, 0.6) is 0 Å². The summed E-state index contributed by atoms with van der Waals surface area (Å²) in [5.74, 6) is 0.679. The maximum absolute atomic E-state index is 8.58. The zero-order valence-corrected chi connectivity index (χ0v) is 10.1. The van der Waals surface area contributed by atoms with Crippen LogP contribution < -0.4 is 5.32 Å². The summed E-state index contributed by atoms with van der Waals surface area (Å²) in [7, 11) is 0. The molecule has 2 rings (SSSR count). The number of anilines is 1. The van der Waals surface area contributed by atoms with E-state index in [0.29, 0.717) is 24.7 Å². The SMILES string of the molecule is N#Cc1cnc(NCCCOC2CCOC2)cn1. The second-order valence-electron chi connectivity index (χ2n) is 4.04. The fourth-order valence-corrected chi connectivity index (χ4v) is 1.66. The third-order valence-electron chi connectivity index (χ3n) is 2.64. The summed E-state index contributed by atoms with van der Waals surface area (Å²) in [4.78, 5) is 7.99. The van der Waals surface area contributed by atoms with Gasteiger partial charge in [0.25, 0.3) is 0 Å². The molecule has 1 fully saturated rings. The average Bonchev–Trinajstić information content (AvgIpc) is 2.92. The molecule has 6 heteroatoms. The van der Waals surface area contributed by atoms with Crippen molar-refractivity contribution < 1.29 is 9.47 Å². The number of hydrogen-bond acceptors (Lipinski definition) is 6. The quantitative estimate of drug-likeness (QED) is 0.755. The third kappa shape index (κ3) is 3.95. The molecule has 1 atom stereocenters. The molecule has 1 aromatic rings. The zero-order chi connectivity index (χ0) is 12.6. The van der Waals surface area contributed by atoms with Gasteiger partial charge in [-0.25, -0.2) is 9.97 Å². The number of hydrogen-bond donors (Lipinski definition) is 1. The Morgan fingerprint density at radius 1 is 1.50 bits per heavy atom. The van der Waals surface area contributed by atoms with E-state index in [4.69, 9.17) is 14.7 Å². The van der Waals surface area contributed by atoms with Crippen LogP contribution in [0.15, 0.2) is 12.4 Å². The van der Waals surface area contributed by atoms with Gasteiger partial charge in [-0.05, 0) is 12.8 Å². The van der Waals surface area contributed by atoms with Gasteiger partial charge in [0, 0.05) is 19.8 Å². The number of nitriles is 1. The van der Waals surface area contributed by atoms with Crippen molar-refractivity contribution in [1.29, 1.82) is 5.26 Å². The Bertz CT molecular complexity index is 396. The third-order valence-corrected chi connectivity index (χ3v) is 2.64. The Morgan fingerprint density at radius 2 is 2.44 bits per heavy atom. The van der Waals surface area contributed by atoms with Crippen LogP contribution in [0.3, 0.4) is 0 Å². The van der Waals surface area contributed by atoms with Gasteiger partial charge in [-0.1, -0.05) is 0 Å². The molecule has 1 N–H and O–H groups in total. The predicted octanol–water partition coefficient (Wildman–Crippen LogP) is 0.956. The van der Waals surface area contributed by atoms with Crippen molar-refractivity contribution in [3.63, 3.8) is 0 Å². The van der Waals surface area contributed by atoms with Crippen LogP contribution in [0.1, 0.15) is 18.5 Å². The predicted molar refractivity (Wildman–Crippen MR) is 65.0 cm³/mol. The van der Waals surface area contributed by atoms with Gasteiger partial charge < -0.3 is 14.8 Å². The molecule has 2 heterocycles. The molecule has 1 saturated heterocycles. The molecule has 6 nitrogen and oxygen atoms in total. The Hall–Kier alpha value is -1.71. The fraction of sp³-hybridized carbons (Fsp3) is 0.583. The molecule has 0 aromatic carbocycles. The van der Waals surface area contributed by atoms with Crippen molar-refractivity contribution in [2.75, 3.05) is 31.7 Å². The molecule has 1 aromatic heterocycles. The molecule has 18 heavy (non-hydrogen) atoms. The highest BCUT2D eigenvalue weighted by Gasteiger charge is 2.15. The first-order valence-electron chi connectivity index (χ1n) is 6.04. The van der Waals surface area contributed by atoms with E-state index in [1.807, 2.05) is 6.07 Å². The lowest BCUT2D eigenvalue weighted by Crippen LogP contribution is -2.15. The average molecular weight is 248 g/mol. The van der Waals surface area contributed by atoms with E-state index in [-0.39, 0.29) is 6.10 Å². The van der Waals surface area contributed by atoms with Crippen molar-refractivity contribution >= 4 is 5.82 Å². The lowest BCUT2D eigenvalue weighted by atomic mass is 10.3. The normalized spacial score (nSPS) is 18.5. The van der Waals surface area contributed by atoms with E-state index in [0.717, 1.165) is 26.0 Å². The number of nitrogens with one attached hydrogen (secondary N) is 1. The fourth-order valence-electron chi connectivity index (χ4n) is 1.66. The summed E-state index contributed by atoms with van der Waals surface area (Å²) in [6, 6.07) is 1.93. The highest BCUT2D eigenvalue weighted by atomic mass is 16.5. The second kappa shape index (κ2) is 6.89. The largest absolute Gasteiger partial charge is 0.379 e. The molecule has 0 amide bonds. The molecule has 1 unspecified atom stereocenters. The standard InChI is InChI=1S/C12H16N4O2/c13-6-10-7-16-12(8-15-10)14-3-1-4-18-11-2-5-17-9-11/h7-8,11H,1-5,9H2,(H,14,16). The van der Waals surface area contributed by atoms with Crippen LogP contribution in [-0.2, 0) is 9.47 Å². The number of ether oxygens (including phenoxy) is 2. The Balaban J connectivity index is 1.58. The molecule has 0 aliphatic carbocycles. The van der Waals surface area contributed by atoms with Crippen molar-refractivity contribution in [1.82, 2.24) is 9.97 Å². The lowest BCUT2D eigenvalue weighted by Gasteiger charge is -2.10. The topological polar surface area (TPSA) is 80.1 Å². The molecular formula is C12H16N4O2. The Labute approximate surface area is 106 Å². The van der Waals surface area contributed by atoms with Gasteiger partial charge in [-0.3, -0.25) is 0 Å². The van der Waals surface area contributed by atoms with E-state index in [9.17, 15) is 0 Å². The maximum atomic E-state index is 8.58. The van der Waals surface area contributed by atoms with Crippen LogP contribution in [0.4, 0.5) is 5.82 Å². The summed E-state index contributed by atoms with van der Waals surface area (Å²) < 4.78 is 10.9. The van der Waals surface area contributed by atoms with Crippen LogP contribution in [-0.4, -0.2) is 42.4 Å². The summed E-state index contributed by atoms with van der Waals surface area (Å²) >= 11 is 0. The minimum absolute atomic E-state index is 0.264. The Morgan fingerprint density at radius 3 is 3.11 bits per heavy atom. The van der Waals surface area contributed by atoms with Crippen LogP contribution >= 0.6 is 0 Å². The van der Waals surface area contributed by atoms with E-state index < -0.39 is 0 Å². The van der Waals surface area contributed by atoms with Crippen molar-refractivity contribution in [3.8, 4) is 6.07 Å². The molecule has 0 radical (unpaired) electrons. The summed E-state index contributed by atoms with van der Waals surface area (Å²) in [6.45, 7) is 3.01. The van der Waals surface area contributed by atoms with Gasteiger partial charge >= 0.3 is 0 Å². The number of rotatable bonds is 6. The van der Waals surface area contributed by atoms with Gasteiger partial charge in [-0.2, -0.15) is 5.26 Å². The maximum Gasteiger partial charge on any atom is 0.158 e. The highest BCUT2D eigenvalue weighted by Crippen LogP contribution is 2.08. The molecule has 0 bridgehead atoms. The summed E-state index contributed by atoms with van der Waals surface area (Å²) in [5.41, 5.74) is 0.324. The van der Waals surface area contributed by atoms with Gasteiger partial charge in [-0.15, -0.1) is 0 Å². The second-order valence-corrected chi connectivity index (χ2v) is 4.04. The number of aromatic nitrogens is 2. The van der Waals surface area contributed by atoms with Crippen LogP contribution in [0, 0.1) is 11.3 Å². The zero-order valence-electron chi connectivity index (χ0n) is 10.1. The molecule has 96 valence electrons. The van der Waals surface area contributed by atoms with E-state index in [2.05, 4.69) is 15.3 Å². The molecule has 1 aliphatic rings. The van der Waals surface area contributed by atoms with Gasteiger partial charge in [0.15, 0.2) is 5.69 Å². The van der Waals surface area contributed by atoms with Gasteiger partial charge in [0.1, 0.15) is 11.9 Å². The van der Waals surface area contributed by atoms with E-state index in [1.54, 1.807) is 6.20 Å². The molecular weight excluding hydrogens is 232 g/mol. The van der Waals surface area contributed by atoms with Crippen molar-refractivity contribution in [2.24, 2.45) is 0 Å². The molecule has 1 aliphatic heterocycles. The van der Waals surface area contributed by atoms with Crippen molar-refractivity contribution in [2.45, 2.75) is 18.9 Å². The minimum Gasteiger partial charge on any atom is -0.379 e. The van der Waals surface area contributed by atoms with E-state index >= 15 is 0 Å². The van der Waals surface area contributed by atoms with Crippen LogP contribution in [0.2, 0.25) is 0 Å². The van der Waals surface area contributed by atoms with E-state index in [1.165, 1.54) is 6.20 Å². The first kappa shape index (κ1) is 12.7. The summed E-state index contributed by atoms with van der Waals surface area (Å²) in [6.07, 6.45) is 5.17. The van der Waals surface area contributed by atoms with Crippen molar-refractivity contribution in [3.05, 3.63) is 18.1 Å². The first-order valence-corrected chi connectivity index (χ1v) is 6.04. The lowest BCUT2D eigenvalue weighted by molar-refractivity contribution is 0.0427. The molecule has 0 saturated carbocycles. The van der Waals surface area contributed by atoms with Crippen LogP contribution in [0.25, 0.3) is 0 Å². The Kier molecular flexibility index (Phi) is 4.88. The number of nitrogens with zero attached hydrogens (tertiary/aromatic N) is 3.